The SMILES string of the molecule is ClC[C@@H]1CO[C@@](CCc2ccc(Cl)cc2)(Cn2ccnc2)O1.O=[N+]([O-])O. The van der Waals surface area contributed by atoms with E-state index in [0.29, 0.717) is 19.0 Å². The van der Waals surface area contributed by atoms with Gasteiger partial charge in [0.1, 0.15) is 0 Å². The highest BCUT2D eigenvalue weighted by Crippen LogP contribution is 2.31. The molecule has 0 spiro atoms. The molecule has 1 aromatic carbocycles. The molecule has 1 N–H and O–H groups in total. The van der Waals surface area contributed by atoms with E-state index in [1.807, 2.05) is 35.0 Å². The Bertz CT molecular complexity index is 680. The molecule has 0 amide bonds. The van der Waals surface area contributed by atoms with Crippen molar-refractivity contribution in [1.29, 1.82) is 0 Å². The van der Waals surface area contributed by atoms with Gasteiger partial charge in [-0.05, 0) is 24.1 Å². The van der Waals surface area contributed by atoms with Crippen molar-refractivity contribution >= 4 is 23.2 Å². The van der Waals surface area contributed by atoms with Crippen molar-refractivity contribution in [2.45, 2.75) is 31.3 Å². The Labute approximate surface area is 160 Å². The average molecular weight is 404 g/mol. The highest BCUT2D eigenvalue weighted by Gasteiger charge is 2.41. The molecule has 0 radical (unpaired) electrons. The van der Waals surface area contributed by atoms with E-state index in [0.717, 1.165) is 17.9 Å². The second kappa shape index (κ2) is 9.72. The quantitative estimate of drug-likeness (QED) is 0.451. The topological polar surface area (TPSA) is 99.7 Å². The number of hydrogen-bond donors (Lipinski definition) is 1. The Morgan fingerprint density at radius 1 is 1.42 bits per heavy atom. The molecule has 26 heavy (non-hydrogen) atoms. The van der Waals surface area contributed by atoms with Crippen LogP contribution in [0.5, 0.6) is 0 Å². The summed E-state index contributed by atoms with van der Waals surface area (Å²) in [6.07, 6.45) is 6.97. The van der Waals surface area contributed by atoms with Crippen LogP contribution in [0, 0.1) is 10.1 Å². The minimum absolute atomic E-state index is 0.0598. The first-order valence-electron chi connectivity index (χ1n) is 7.83. The van der Waals surface area contributed by atoms with Gasteiger partial charge in [0.05, 0.1) is 31.5 Å². The Morgan fingerprint density at radius 2 is 2.12 bits per heavy atom. The Hall–Kier alpha value is -1.87. The maximum atomic E-state index is 8.36. The first kappa shape index (κ1) is 20.4. The minimum Gasteiger partial charge on any atom is -0.345 e. The number of benzene rings is 1. The lowest BCUT2D eigenvalue weighted by molar-refractivity contribution is -0.742. The van der Waals surface area contributed by atoms with E-state index < -0.39 is 10.9 Å². The summed E-state index contributed by atoms with van der Waals surface area (Å²) in [7, 11) is 0. The van der Waals surface area contributed by atoms with E-state index in [1.54, 1.807) is 12.5 Å². The van der Waals surface area contributed by atoms with Crippen LogP contribution in [-0.2, 0) is 22.4 Å². The molecule has 1 aliphatic heterocycles. The molecule has 1 aliphatic rings. The third-order valence-electron chi connectivity index (χ3n) is 3.78. The Kier molecular flexibility index (Phi) is 7.65. The van der Waals surface area contributed by atoms with Gasteiger partial charge in [-0.15, -0.1) is 21.7 Å². The lowest BCUT2D eigenvalue weighted by Gasteiger charge is -2.28. The molecular formula is C16H19Cl2N3O5. The van der Waals surface area contributed by atoms with Crippen LogP contribution in [0.1, 0.15) is 12.0 Å². The summed E-state index contributed by atoms with van der Waals surface area (Å²) in [5.74, 6) is -0.216. The van der Waals surface area contributed by atoms with Gasteiger partial charge in [-0.3, -0.25) is 0 Å². The maximum absolute atomic E-state index is 8.36. The average Bonchev–Trinajstić information content (AvgIpc) is 3.24. The summed E-state index contributed by atoms with van der Waals surface area (Å²) in [5.41, 5.74) is 1.20. The predicted octanol–water partition coefficient (Wildman–Crippen LogP) is 3.17. The van der Waals surface area contributed by atoms with Crippen LogP contribution >= 0.6 is 23.2 Å². The van der Waals surface area contributed by atoms with Crippen molar-refractivity contribution in [2.24, 2.45) is 0 Å². The molecule has 0 bridgehead atoms. The molecule has 1 fully saturated rings. The summed E-state index contributed by atoms with van der Waals surface area (Å²) in [5, 5.41) is 14.4. The van der Waals surface area contributed by atoms with Crippen molar-refractivity contribution in [1.82, 2.24) is 9.55 Å². The number of aromatic nitrogens is 2. The zero-order valence-corrected chi connectivity index (χ0v) is 15.3. The van der Waals surface area contributed by atoms with Crippen LogP contribution in [0.3, 0.4) is 0 Å². The molecule has 8 nitrogen and oxygen atoms in total. The second-order valence-corrected chi connectivity index (χ2v) is 6.46. The summed E-state index contributed by atoms with van der Waals surface area (Å²) in [6, 6.07) is 7.86. The number of nitrogens with zero attached hydrogens (tertiary/aromatic N) is 3. The van der Waals surface area contributed by atoms with Gasteiger partial charge in [-0.2, -0.15) is 0 Å². The first-order valence-corrected chi connectivity index (χ1v) is 8.75. The first-order chi connectivity index (χ1) is 12.4. The molecule has 0 aliphatic carbocycles. The highest BCUT2D eigenvalue weighted by atomic mass is 35.5. The molecule has 0 saturated carbocycles. The van der Waals surface area contributed by atoms with Crippen LogP contribution < -0.4 is 0 Å². The van der Waals surface area contributed by atoms with Crippen molar-refractivity contribution in [2.75, 3.05) is 12.5 Å². The van der Waals surface area contributed by atoms with Gasteiger partial charge in [0.2, 0.25) is 0 Å². The molecule has 0 unspecified atom stereocenters. The Balaban J connectivity index is 0.000000552. The van der Waals surface area contributed by atoms with Gasteiger partial charge < -0.3 is 19.2 Å². The van der Waals surface area contributed by atoms with Crippen molar-refractivity contribution in [3.63, 3.8) is 0 Å². The lowest BCUT2D eigenvalue weighted by atomic mass is 10.0. The zero-order valence-electron chi connectivity index (χ0n) is 13.8. The number of hydrogen-bond acceptors (Lipinski definition) is 5. The van der Waals surface area contributed by atoms with Gasteiger partial charge in [0, 0.05) is 23.8 Å². The van der Waals surface area contributed by atoms with Gasteiger partial charge in [0.15, 0.2) is 5.79 Å². The third-order valence-corrected chi connectivity index (χ3v) is 4.37. The number of aryl methyl sites for hydroxylation is 1. The largest absolute Gasteiger partial charge is 0.345 e. The number of rotatable bonds is 6. The fourth-order valence-electron chi connectivity index (χ4n) is 2.63. The van der Waals surface area contributed by atoms with Crippen LogP contribution in [-0.4, -0.2) is 44.2 Å². The van der Waals surface area contributed by atoms with Gasteiger partial charge in [-0.25, -0.2) is 4.98 Å². The van der Waals surface area contributed by atoms with Gasteiger partial charge >= 0.3 is 0 Å². The molecule has 1 saturated heterocycles. The molecule has 2 atom stereocenters. The van der Waals surface area contributed by atoms with Crippen molar-refractivity contribution in [3.05, 3.63) is 63.7 Å². The van der Waals surface area contributed by atoms with Crippen LogP contribution in [0.4, 0.5) is 0 Å². The summed E-state index contributed by atoms with van der Waals surface area (Å²) in [4.78, 5) is 12.4. The number of alkyl halides is 1. The van der Waals surface area contributed by atoms with Crippen molar-refractivity contribution in [3.8, 4) is 0 Å². The van der Waals surface area contributed by atoms with Gasteiger partial charge in [-0.1, -0.05) is 23.7 Å². The normalized spacial score (nSPS) is 21.8. The van der Waals surface area contributed by atoms with E-state index in [1.165, 1.54) is 5.56 Å². The minimum atomic E-state index is -1.50. The third kappa shape index (κ3) is 6.45. The Morgan fingerprint density at radius 3 is 2.65 bits per heavy atom. The zero-order chi connectivity index (χ0) is 19.0. The van der Waals surface area contributed by atoms with Gasteiger partial charge in [0.25, 0.3) is 5.09 Å². The van der Waals surface area contributed by atoms with Crippen LogP contribution in [0.2, 0.25) is 5.02 Å². The molecule has 2 heterocycles. The van der Waals surface area contributed by atoms with E-state index >= 15 is 0 Å². The fourth-order valence-corrected chi connectivity index (χ4v) is 2.91. The summed E-state index contributed by atoms with van der Waals surface area (Å²) >= 11 is 11.8. The maximum Gasteiger partial charge on any atom is 0.291 e. The smallest absolute Gasteiger partial charge is 0.291 e. The van der Waals surface area contributed by atoms with E-state index in [4.69, 9.17) is 48.0 Å². The number of ether oxygens (including phenoxy) is 2. The lowest BCUT2D eigenvalue weighted by Crippen LogP contribution is -2.36. The monoisotopic (exact) mass is 403 g/mol. The number of halogens is 2. The summed E-state index contributed by atoms with van der Waals surface area (Å²) < 4.78 is 14.0. The van der Waals surface area contributed by atoms with E-state index in [9.17, 15) is 0 Å². The second-order valence-electron chi connectivity index (χ2n) is 5.72. The predicted molar refractivity (Wildman–Crippen MR) is 95.1 cm³/mol. The molecule has 142 valence electrons. The molecule has 2 aromatic rings. The van der Waals surface area contributed by atoms with Crippen LogP contribution in [0.15, 0.2) is 43.0 Å². The van der Waals surface area contributed by atoms with E-state index in [-0.39, 0.29) is 6.10 Å². The molecule has 10 heteroatoms. The fraction of sp³-hybridized carbons (Fsp3) is 0.438. The molecule has 3 rings (SSSR count). The summed E-state index contributed by atoms with van der Waals surface area (Å²) in [6.45, 7) is 1.13. The van der Waals surface area contributed by atoms with Crippen molar-refractivity contribution < 1.29 is 19.8 Å². The van der Waals surface area contributed by atoms with E-state index in [2.05, 4.69) is 4.98 Å². The number of imidazole rings is 1. The standard InChI is InChI=1S/C16H18Cl2N2O2.HNO3/c17-9-15-10-21-16(22-15,11-20-8-7-19-12-20)6-5-13-1-3-14(18)4-2-13;2-1(3)4/h1-4,7-8,12,15H,5-6,9-11H2;(H,2,3,4)/t15-,16-;/m1./s1. The molecule has 1 aromatic heterocycles. The highest BCUT2D eigenvalue weighted by molar-refractivity contribution is 6.30. The molecular weight excluding hydrogens is 385 g/mol. The van der Waals surface area contributed by atoms with Crippen LogP contribution in [0.25, 0.3) is 0 Å².